The van der Waals surface area contributed by atoms with Crippen LogP contribution in [-0.2, 0) is 17.8 Å². The number of hydrogen-bond acceptors (Lipinski definition) is 8. The number of nitrogens with zero attached hydrogens (tertiary/aromatic N) is 4. The van der Waals surface area contributed by atoms with E-state index in [2.05, 4.69) is 15.3 Å². The Kier molecular flexibility index (Phi) is 9.09. The van der Waals surface area contributed by atoms with Gasteiger partial charge in [0.05, 0.1) is 30.8 Å². The summed E-state index contributed by atoms with van der Waals surface area (Å²) in [5.74, 6) is -1.62. The molecule has 0 bridgehead atoms. The molecule has 1 aliphatic heterocycles. The van der Waals surface area contributed by atoms with E-state index in [0.29, 0.717) is 49.5 Å². The number of anilines is 3. The molecule has 1 N–H and O–H groups in total. The van der Waals surface area contributed by atoms with Gasteiger partial charge in [-0.3, -0.25) is 0 Å². The van der Waals surface area contributed by atoms with E-state index in [0.717, 1.165) is 0 Å². The number of nitrogens with one attached hydrogen (secondary N) is 1. The van der Waals surface area contributed by atoms with Crippen LogP contribution in [0.5, 0.6) is 11.5 Å². The molecule has 0 radical (unpaired) electrons. The lowest BCUT2D eigenvalue weighted by molar-refractivity contribution is 0.0240. The van der Waals surface area contributed by atoms with E-state index >= 15 is 0 Å². The summed E-state index contributed by atoms with van der Waals surface area (Å²) in [4.78, 5) is 24.1. The Labute approximate surface area is 237 Å². The number of rotatable bonds is 8. The summed E-state index contributed by atoms with van der Waals surface area (Å²) in [5, 5.41) is 2.93. The number of aryl methyl sites for hydroxylation is 1. The normalized spacial score (nSPS) is 13.7. The van der Waals surface area contributed by atoms with Crippen LogP contribution in [-0.4, -0.2) is 59.9 Å². The minimum atomic E-state index is -0.822. The average Bonchev–Trinajstić information content (AvgIpc) is 2.93. The summed E-state index contributed by atoms with van der Waals surface area (Å²) in [7, 11) is 1.31. The van der Waals surface area contributed by atoms with Gasteiger partial charge in [0.1, 0.15) is 23.8 Å². The van der Waals surface area contributed by atoms with Crippen LogP contribution in [0.1, 0.15) is 38.8 Å². The molecule has 0 saturated carbocycles. The molecule has 9 nitrogen and oxygen atoms in total. The van der Waals surface area contributed by atoms with Crippen LogP contribution >= 0.6 is 0 Å². The number of aromatic nitrogens is 2. The number of carbonyl (C=O) groups is 1. The fourth-order valence-corrected chi connectivity index (χ4v) is 4.29. The third kappa shape index (κ3) is 7.30. The van der Waals surface area contributed by atoms with Crippen molar-refractivity contribution in [2.45, 2.75) is 46.3 Å². The number of carbonyl (C=O) groups excluding carboxylic acids is 1. The van der Waals surface area contributed by atoms with Gasteiger partial charge in [0.25, 0.3) is 0 Å². The predicted molar refractivity (Wildman–Crippen MR) is 148 cm³/mol. The van der Waals surface area contributed by atoms with Gasteiger partial charge in [0, 0.05) is 31.9 Å². The van der Waals surface area contributed by atoms with E-state index in [4.69, 9.17) is 14.2 Å². The second kappa shape index (κ2) is 12.5. The Morgan fingerprint density at radius 2 is 1.71 bits per heavy atom. The minimum absolute atomic E-state index is 0.0565. The van der Waals surface area contributed by atoms with Crippen LogP contribution in [0.2, 0.25) is 0 Å². The van der Waals surface area contributed by atoms with Crippen molar-refractivity contribution in [3.05, 3.63) is 65.2 Å². The first-order chi connectivity index (χ1) is 19.5. The van der Waals surface area contributed by atoms with Crippen molar-refractivity contribution in [3.63, 3.8) is 0 Å². The van der Waals surface area contributed by atoms with Gasteiger partial charge in [-0.2, -0.15) is 0 Å². The number of methoxy groups -OCH3 is 1. The summed E-state index contributed by atoms with van der Waals surface area (Å²) < 4.78 is 60.2. The molecular formula is C29H34F3N5O4. The Balaban J connectivity index is 1.34. The predicted octanol–water partition coefficient (Wildman–Crippen LogP) is 5.84. The standard InChI is InChI=1S/C29H34F3N5O4/c1-6-18-13-24(39-5)26(32)21(25(18)31)17-40-20-15-33-27(34-16-20)35-19-7-8-23(22(30)14-19)36-9-11-37(12-10-36)28(38)41-29(2,3)4/h7-8,13-16H,6,9-12,17H2,1-5H3,(H,33,34,35). The zero-order valence-electron chi connectivity index (χ0n) is 23.8. The quantitative estimate of drug-likeness (QED) is 0.359. The zero-order valence-corrected chi connectivity index (χ0v) is 23.8. The summed E-state index contributed by atoms with van der Waals surface area (Å²) >= 11 is 0. The van der Waals surface area contributed by atoms with E-state index in [1.54, 1.807) is 24.0 Å². The topological polar surface area (TPSA) is 89.1 Å². The third-order valence-corrected chi connectivity index (χ3v) is 6.42. The van der Waals surface area contributed by atoms with E-state index in [9.17, 15) is 18.0 Å². The van der Waals surface area contributed by atoms with Crippen LogP contribution in [0.15, 0.2) is 36.7 Å². The molecule has 1 aliphatic rings. The lowest BCUT2D eigenvalue weighted by Gasteiger charge is -2.36. The fraction of sp³-hybridized carbons (Fsp3) is 0.414. The molecule has 3 aromatic rings. The van der Waals surface area contributed by atoms with Crippen molar-refractivity contribution in [1.82, 2.24) is 14.9 Å². The highest BCUT2D eigenvalue weighted by Crippen LogP contribution is 2.29. The molecule has 12 heteroatoms. The molecule has 0 unspecified atom stereocenters. The second-order valence-electron chi connectivity index (χ2n) is 10.5. The van der Waals surface area contributed by atoms with Gasteiger partial charge in [0.15, 0.2) is 17.3 Å². The van der Waals surface area contributed by atoms with Crippen LogP contribution in [0, 0.1) is 17.5 Å². The first-order valence-corrected chi connectivity index (χ1v) is 13.3. The fourth-order valence-electron chi connectivity index (χ4n) is 4.29. The molecule has 0 aliphatic carbocycles. The number of ether oxygens (including phenoxy) is 3. The van der Waals surface area contributed by atoms with Gasteiger partial charge in [-0.15, -0.1) is 0 Å². The van der Waals surface area contributed by atoms with E-state index in [1.807, 2.05) is 25.7 Å². The number of amides is 1. The molecule has 2 heterocycles. The van der Waals surface area contributed by atoms with E-state index in [-0.39, 0.29) is 35.7 Å². The van der Waals surface area contributed by atoms with Crippen LogP contribution in [0.25, 0.3) is 0 Å². The van der Waals surface area contributed by atoms with Gasteiger partial charge in [-0.05, 0) is 57.0 Å². The number of piperazine rings is 1. The highest BCUT2D eigenvalue weighted by Gasteiger charge is 2.27. The van der Waals surface area contributed by atoms with Gasteiger partial charge < -0.3 is 29.3 Å². The van der Waals surface area contributed by atoms with Crippen molar-refractivity contribution in [2.75, 3.05) is 43.5 Å². The Hall–Kier alpha value is -4.22. The zero-order chi connectivity index (χ0) is 29.7. The smallest absolute Gasteiger partial charge is 0.410 e. The second-order valence-corrected chi connectivity index (χ2v) is 10.5. The Morgan fingerprint density at radius 3 is 2.29 bits per heavy atom. The molecule has 1 aromatic heterocycles. The van der Waals surface area contributed by atoms with Crippen LogP contribution < -0.4 is 19.7 Å². The molecular weight excluding hydrogens is 539 g/mol. The molecule has 0 atom stereocenters. The van der Waals surface area contributed by atoms with Crippen molar-refractivity contribution in [2.24, 2.45) is 0 Å². The Morgan fingerprint density at radius 1 is 1.02 bits per heavy atom. The molecule has 220 valence electrons. The third-order valence-electron chi connectivity index (χ3n) is 6.42. The van der Waals surface area contributed by atoms with E-state index < -0.39 is 23.1 Å². The van der Waals surface area contributed by atoms with Crippen molar-refractivity contribution < 1.29 is 32.2 Å². The first-order valence-electron chi connectivity index (χ1n) is 13.3. The maximum atomic E-state index is 15.0. The number of halogens is 3. The van der Waals surface area contributed by atoms with Gasteiger partial charge in [-0.25, -0.2) is 27.9 Å². The molecule has 2 aromatic carbocycles. The van der Waals surface area contributed by atoms with Crippen molar-refractivity contribution in [1.29, 1.82) is 0 Å². The molecule has 1 amide bonds. The number of hydrogen-bond donors (Lipinski definition) is 1. The van der Waals surface area contributed by atoms with Crippen LogP contribution in [0.4, 0.5) is 35.3 Å². The largest absolute Gasteiger partial charge is 0.494 e. The van der Waals surface area contributed by atoms with Crippen LogP contribution in [0.3, 0.4) is 0 Å². The van der Waals surface area contributed by atoms with Gasteiger partial charge >= 0.3 is 6.09 Å². The number of benzene rings is 2. The van der Waals surface area contributed by atoms with Gasteiger partial charge in [0.2, 0.25) is 5.95 Å². The molecule has 4 rings (SSSR count). The highest BCUT2D eigenvalue weighted by atomic mass is 19.1. The van der Waals surface area contributed by atoms with Gasteiger partial charge in [-0.1, -0.05) is 6.92 Å². The maximum Gasteiger partial charge on any atom is 0.410 e. The lowest BCUT2D eigenvalue weighted by atomic mass is 10.1. The maximum absolute atomic E-state index is 15.0. The molecule has 1 fully saturated rings. The highest BCUT2D eigenvalue weighted by molar-refractivity contribution is 5.69. The first kappa shape index (κ1) is 29.8. The van der Waals surface area contributed by atoms with E-state index in [1.165, 1.54) is 31.6 Å². The van der Waals surface area contributed by atoms with Crippen molar-refractivity contribution in [3.8, 4) is 11.5 Å². The monoisotopic (exact) mass is 573 g/mol. The summed E-state index contributed by atoms with van der Waals surface area (Å²) in [5.41, 5.74) is 0.352. The lowest BCUT2D eigenvalue weighted by Crippen LogP contribution is -2.50. The van der Waals surface area contributed by atoms with Crippen molar-refractivity contribution >= 4 is 23.4 Å². The molecule has 1 saturated heterocycles. The summed E-state index contributed by atoms with van der Waals surface area (Å²) in [6, 6.07) is 6.02. The molecule has 41 heavy (non-hydrogen) atoms. The summed E-state index contributed by atoms with van der Waals surface area (Å²) in [6.07, 6.45) is 2.69. The molecule has 0 spiro atoms. The SMILES string of the molecule is CCc1cc(OC)c(F)c(COc2cnc(Nc3ccc(N4CCN(C(=O)OC(C)(C)C)CC4)c(F)c3)nc2)c1F. The average molecular weight is 574 g/mol. The summed E-state index contributed by atoms with van der Waals surface area (Å²) in [6.45, 7) is 8.61. The minimum Gasteiger partial charge on any atom is -0.494 e. The Bertz CT molecular complexity index is 1350.